The molecule has 4 rings (SSSR count). The number of carbonyl (C=O) groups excluding carboxylic acids is 3. The second-order valence-electron chi connectivity index (χ2n) is 9.40. The molecule has 2 aromatic carbocycles. The van der Waals surface area contributed by atoms with Gasteiger partial charge in [0.05, 0.1) is 0 Å². The molecule has 1 aliphatic heterocycles. The minimum atomic E-state index is -4.50. The monoisotopic (exact) mass is 592 g/mol. The Balaban J connectivity index is 1.88. The minimum absolute atomic E-state index is 0.0124. The van der Waals surface area contributed by atoms with Crippen LogP contribution in [0.3, 0.4) is 0 Å². The number of ether oxygens (including phenoxy) is 5. The quantitative estimate of drug-likeness (QED) is 0.133. The SMILES string of the molecule is CCC1O[C@@H](Oc2cc3oc(=O)cc(CS(=O)(=O)O)c3c3ccccc23)C(OC(C)=O)[C@H](OC(C)=O)[C@@H]1OC(C)=O. The van der Waals surface area contributed by atoms with E-state index in [0.29, 0.717) is 10.8 Å². The Kier molecular flexibility index (Phi) is 8.66. The van der Waals surface area contributed by atoms with Crippen LogP contribution in [-0.2, 0) is 49.2 Å². The Hall–Kier alpha value is -4.01. The van der Waals surface area contributed by atoms with Crippen LogP contribution < -0.4 is 10.4 Å². The molecule has 13 nitrogen and oxygen atoms in total. The summed E-state index contributed by atoms with van der Waals surface area (Å²) in [7, 11) is -4.50. The Morgan fingerprint density at radius 1 is 0.902 bits per heavy atom. The van der Waals surface area contributed by atoms with Crippen LogP contribution in [-0.4, -0.2) is 61.6 Å². The molecule has 1 aromatic heterocycles. The molecule has 0 saturated carbocycles. The van der Waals surface area contributed by atoms with Crippen LogP contribution >= 0.6 is 0 Å². The van der Waals surface area contributed by atoms with Gasteiger partial charge in [-0.3, -0.25) is 18.9 Å². The van der Waals surface area contributed by atoms with Crippen LogP contribution in [0.1, 0.15) is 39.7 Å². The molecule has 0 bridgehead atoms. The number of hydrogen-bond donors (Lipinski definition) is 1. The smallest absolute Gasteiger partial charge is 0.336 e. The number of fused-ring (bicyclic) bond motifs is 3. The molecular formula is C27H28O13S. The summed E-state index contributed by atoms with van der Waals surface area (Å²) in [5, 5.41) is 1.10. The summed E-state index contributed by atoms with van der Waals surface area (Å²) in [4.78, 5) is 48.3. The summed E-state index contributed by atoms with van der Waals surface area (Å²) in [6.07, 6.45) is -5.76. The first-order valence-corrected chi connectivity index (χ1v) is 14.2. The molecule has 2 unspecified atom stereocenters. The van der Waals surface area contributed by atoms with Gasteiger partial charge in [-0.15, -0.1) is 0 Å². The lowest BCUT2D eigenvalue weighted by Crippen LogP contribution is -2.62. The first-order chi connectivity index (χ1) is 19.3. The Morgan fingerprint density at radius 3 is 2.07 bits per heavy atom. The zero-order valence-corrected chi connectivity index (χ0v) is 23.3. The maximum absolute atomic E-state index is 12.3. The van der Waals surface area contributed by atoms with Crippen LogP contribution in [0.2, 0.25) is 0 Å². The van der Waals surface area contributed by atoms with Gasteiger partial charge in [0.15, 0.2) is 12.2 Å². The molecule has 1 aliphatic rings. The average molecular weight is 593 g/mol. The highest BCUT2D eigenvalue weighted by Crippen LogP contribution is 2.38. The molecular weight excluding hydrogens is 564 g/mol. The fraction of sp³-hybridized carbons (Fsp3) is 0.407. The summed E-state index contributed by atoms with van der Waals surface area (Å²) in [5.41, 5.74) is -0.904. The maximum Gasteiger partial charge on any atom is 0.336 e. The Morgan fingerprint density at radius 2 is 1.49 bits per heavy atom. The highest BCUT2D eigenvalue weighted by molar-refractivity contribution is 7.85. The van der Waals surface area contributed by atoms with Gasteiger partial charge in [0, 0.05) is 43.7 Å². The molecule has 14 heteroatoms. The first-order valence-electron chi connectivity index (χ1n) is 12.5. The zero-order chi connectivity index (χ0) is 30.1. The summed E-state index contributed by atoms with van der Waals surface area (Å²) < 4.78 is 66.8. The lowest BCUT2D eigenvalue weighted by Gasteiger charge is -2.44. The fourth-order valence-electron chi connectivity index (χ4n) is 4.89. The van der Waals surface area contributed by atoms with Crippen molar-refractivity contribution >= 4 is 49.8 Å². The largest absolute Gasteiger partial charge is 0.460 e. The van der Waals surface area contributed by atoms with Gasteiger partial charge >= 0.3 is 23.5 Å². The van der Waals surface area contributed by atoms with Gasteiger partial charge in [-0.1, -0.05) is 31.2 Å². The Bertz CT molecular complexity index is 1660. The van der Waals surface area contributed by atoms with Crippen molar-refractivity contribution in [3.63, 3.8) is 0 Å². The van der Waals surface area contributed by atoms with Gasteiger partial charge in [0.2, 0.25) is 12.4 Å². The van der Waals surface area contributed by atoms with E-state index in [1.165, 1.54) is 13.0 Å². The molecule has 0 spiro atoms. The predicted molar refractivity (Wildman–Crippen MR) is 141 cm³/mol. The molecule has 1 N–H and O–H groups in total. The van der Waals surface area contributed by atoms with Gasteiger partial charge in [-0.05, 0) is 17.4 Å². The van der Waals surface area contributed by atoms with E-state index in [2.05, 4.69) is 0 Å². The number of esters is 3. The number of benzene rings is 2. The molecule has 0 radical (unpaired) electrons. The average Bonchev–Trinajstić information content (AvgIpc) is 2.85. The second-order valence-corrected chi connectivity index (χ2v) is 10.9. The normalized spacial score (nSPS) is 22.7. The summed E-state index contributed by atoms with van der Waals surface area (Å²) in [5.74, 6) is -2.91. The molecule has 41 heavy (non-hydrogen) atoms. The van der Waals surface area contributed by atoms with Crippen molar-refractivity contribution in [3.05, 3.63) is 52.4 Å². The molecule has 0 aliphatic carbocycles. The molecule has 1 fully saturated rings. The van der Waals surface area contributed by atoms with E-state index in [9.17, 15) is 32.1 Å². The van der Waals surface area contributed by atoms with Crippen LogP contribution in [0, 0.1) is 0 Å². The van der Waals surface area contributed by atoms with Gasteiger partial charge < -0.3 is 28.1 Å². The molecule has 0 amide bonds. The summed E-state index contributed by atoms with van der Waals surface area (Å²) in [6.45, 7) is 5.19. The minimum Gasteiger partial charge on any atom is -0.460 e. The highest BCUT2D eigenvalue weighted by Gasteiger charge is 2.52. The molecule has 3 aromatic rings. The van der Waals surface area contributed by atoms with Gasteiger partial charge in [0.25, 0.3) is 10.1 Å². The molecule has 220 valence electrons. The molecule has 1 saturated heterocycles. The molecule has 2 heterocycles. The van der Waals surface area contributed by atoms with Crippen LogP contribution in [0.4, 0.5) is 0 Å². The van der Waals surface area contributed by atoms with Crippen molar-refractivity contribution in [3.8, 4) is 5.75 Å². The predicted octanol–water partition coefficient (Wildman–Crippen LogP) is 2.64. The van der Waals surface area contributed by atoms with E-state index in [0.717, 1.165) is 19.9 Å². The van der Waals surface area contributed by atoms with Gasteiger partial charge in [0.1, 0.15) is 23.2 Å². The van der Waals surface area contributed by atoms with Crippen LogP contribution in [0.25, 0.3) is 21.7 Å². The van der Waals surface area contributed by atoms with Crippen LogP contribution in [0.5, 0.6) is 5.75 Å². The summed E-state index contributed by atoms with van der Waals surface area (Å²) >= 11 is 0. The van der Waals surface area contributed by atoms with Crippen molar-refractivity contribution in [2.45, 2.75) is 70.6 Å². The van der Waals surface area contributed by atoms with Gasteiger partial charge in [-0.25, -0.2) is 4.79 Å². The number of rotatable bonds is 8. The van der Waals surface area contributed by atoms with E-state index in [1.807, 2.05) is 0 Å². The number of carbonyl (C=O) groups is 3. The van der Waals surface area contributed by atoms with E-state index in [4.69, 9.17) is 28.1 Å². The zero-order valence-electron chi connectivity index (χ0n) is 22.5. The van der Waals surface area contributed by atoms with Crippen molar-refractivity contribution in [2.75, 3.05) is 0 Å². The van der Waals surface area contributed by atoms with Crippen molar-refractivity contribution in [1.29, 1.82) is 0 Å². The lowest BCUT2D eigenvalue weighted by molar-refractivity contribution is -0.283. The highest BCUT2D eigenvalue weighted by atomic mass is 32.2. The van der Waals surface area contributed by atoms with Crippen molar-refractivity contribution in [1.82, 2.24) is 0 Å². The van der Waals surface area contributed by atoms with Gasteiger partial charge in [-0.2, -0.15) is 8.42 Å². The summed E-state index contributed by atoms with van der Waals surface area (Å²) in [6, 6.07) is 8.95. The van der Waals surface area contributed by atoms with Crippen LogP contribution in [0.15, 0.2) is 45.6 Å². The van der Waals surface area contributed by atoms with Crippen molar-refractivity contribution < 1.29 is 55.5 Å². The first kappa shape index (κ1) is 30.0. The fourth-order valence-corrected chi connectivity index (χ4v) is 5.51. The van der Waals surface area contributed by atoms with E-state index >= 15 is 0 Å². The van der Waals surface area contributed by atoms with E-state index < -0.39 is 70.1 Å². The standard InChI is InChI=1S/C27H28O13S/c1-5-19-24(35-13(2)28)25(36-14(3)29)26(37-15(4)30)27(39-19)40-20-11-21-23(18-9-7-6-8-17(18)20)16(10-22(31)38-21)12-41(32,33)34/h6-11,19,24-27H,5,12H2,1-4H3,(H,32,33,34)/t19?,24-,25-,26?,27+/m1/s1. The van der Waals surface area contributed by atoms with Crippen molar-refractivity contribution in [2.24, 2.45) is 0 Å². The van der Waals surface area contributed by atoms with E-state index in [1.54, 1.807) is 31.2 Å². The Labute approximate surface area is 234 Å². The van der Waals surface area contributed by atoms with E-state index in [-0.39, 0.29) is 28.7 Å². The topological polar surface area (TPSA) is 182 Å². The third-order valence-corrected chi connectivity index (χ3v) is 6.95. The third-order valence-electron chi connectivity index (χ3n) is 6.27. The maximum atomic E-state index is 12.3. The molecule has 5 atom stereocenters. The second kappa shape index (κ2) is 11.8. The number of hydrogen-bond acceptors (Lipinski definition) is 12. The lowest BCUT2D eigenvalue weighted by atomic mass is 9.96. The third kappa shape index (κ3) is 6.84.